The van der Waals surface area contributed by atoms with Crippen LogP contribution in [0, 0.1) is 0 Å². The first-order chi connectivity index (χ1) is 14.3. The van der Waals surface area contributed by atoms with Gasteiger partial charge in [0, 0.05) is 13.1 Å². The molecular weight excluding hydrogens is 376 g/mol. The molecule has 6 heteroatoms. The molecule has 1 amide bonds. The number of nitrogens with two attached hydrogens (primary N) is 1. The van der Waals surface area contributed by atoms with Gasteiger partial charge in [0.1, 0.15) is 5.75 Å². The van der Waals surface area contributed by atoms with E-state index in [1.165, 1.54) is 11.1 Å². The van der Waals surface area contributed by atoms with Crippen LogP contribution in [0.4, 0.5) is 0 Å². The van der Waals surface area contributed by atoms with Gasteiger partial charge in [0.15, 0.2) is 12.6 Å². The van der Waals surface area contributed by atoms with E-state index in [1.807, 2.05) is 25.1 Å². The Kier molecular flexibility index (Phi) is 8.71. The minimum absolute atomic E-state index is 0.131. The van der Waals surface area contributed by atoms with Gasteiger partial charge in [0.25, 0.3) is 5.91 Å². The molecular formula is C24H34N4O2. The fourth-order valence-corrected chi connectivity index (χ4v) is 2.90. The second-order valence-electron chi connectivity index (χ2n) is 8.22. The Bertz CT molecular complexity index is 839. The highest BCUT2D eigenvalue weighted by atomic mass is 16.5. The smallest absolute Gasteiger partial charge is 0.255 e. The summed E-state index contributed by atoms with van der Waals surface area (Å²) in [7, 11) is 0. The lowest BCUT2D eigenvalue weighted by molar-refractivity contribution is -0.119. The van der Waals surface area contributed by atoms with E-state index in [2.05, 4.69) is 60.7 Å². The number of ether oxygens (including phenoxy) is 1. The number of aliphatic imine (C=N–C) groups is 1. The van der Waals surface area contributed by atoms with Crippen molar-refractivity contribution in [3.63, 3.8) is 0 Å². The summed E-state index contributed by atoms with van der Waals surface area (Å²) >= 11 is 0. The zero-order valence-electron chi connectivity index (χ0n) is 18.5. The van der Waals surface area contributed by atoms with Gasteiger partial charge < -0.3 is 21.1 Å². The Hall–Kier alpha value is -3.02. The summed E-state index contributed by atoms with van der Waals surface area (Å²) in [5.41, 5.74) is 8.93. The average molecular weight is 411 g/mol. The van der Waals surface area contributed by atoms with Crippen molar-refractivity contribution in [2.75, 3.05) is 19.7 Å². The molecule has 0 aliphatic carbocycles. The van der Waals surface area contributed by atoms with Crippen LogP contribution in [-0.2, 0) is 23.2 Å². The molecule has 0 atom stereocenters. The minimum Gasteiger partial charge on any atom is -0.484 e. The number of guanidine groups is 1. The molecule has 4 N–H and O–H groups in total. The average Bonchev–Trinajstić information content (AvgIpc) is 2.70. The molecule has 162 valence electrons. The molecule has 0 aliphatic rings. The quantitative estimate of drug-likeness (QED) is 0.438. The maximum atomic E-state index is 10.9. The van der Waals surface area contributed by atoms with Crippen LogP contribution >= 0.6 is 0 Å². The van der Waals surface area contributed by atoms with Crippen LogP contribution in [0.1, 0.15) is 44.4 Å². The molecule has 0 saturated carbocycles. The van der Waals surface area contributed by atoms with Crippen molar-refractivity contribution in [1.29, 1.82) is 0 Å². The Morgan fingerprint density at radius 1 is 1.07 bits per heavy atom. The number of primary amides is 1. The summed E-state index contributed by atoms with van der Waals surface area (Å²) < 4.78 is 5.35. The zero-order chi connectivity index (χ0) is 22.0. The number of benzene rings is 2. The van der Waals surface area contributed by atoms with Crippen LogP contribution in [0.3, 0.4) is 0 Å². The number of hydrogen-bond acceptors (Lipinski definition) is 3. The number of hydrogen-bond donors (Lipinski definition) is 3. The molecule has 2 aromatic rings. The van der Waals surface area contributed by atoms with E-state index < -0.39 is 5.91 Å². The minimum atomic E-state index is -0.495. The van der Waals surface area contributed by atoms with Gasteiger partial charge in [-0.3, -0.25) is 4.79 Å². The highest BCUT2D eigenvalue weighted by Gasteiger charge is 2.12. The molecule has 30 heavy (non-hydrogen) atoms. The second-order valence-corrected chi connectivity index (χ2v) is 8.22. The van der Waals surface area contributed by atoms with Crippen LogP contribution in [0.25, 0.3) is 0 Å². The summed E-state index contributed by atoms with van der Waals surface area (Å²) in [5.74, 6) is 0.885. The first kappa shape index (κ1) is 23.3. The normalized spacial score (nSPS) is 11.8. The van der Waals surface area contributed by atoms with Crippen molar-refractivity contribution in [2.45, 2.75) is 46.1 Å². The zero-order valence-corrected chi connectivity index (χ0v) is 18.5. The maximum Gasteiger partial charge on any atom is 0.255 e. The summed E-state index contributed by atoms with van der Waals surface area (Å²) in [5, 5.41) is 6.65. The van der Waals surface area contributed by atoms with Gasteiger partial charge in [-0.1, -0.05) is 57.2 Å². The predicted octanol–water partition coefficient (Wildman–Crippen LogP) is 3.15. The lowest BCUT2D eigenvalue weighted by Crippen LogP contribution is -2.38. The van der Waals surface area contributed by atoms with E-state index in [-0.39, 0.29) is 12.0 Å². The molecule has 0 fully saturated rings. The van der Waals surface area contributed by atoms with Crippen molar-refractivity contribution in [3.8, 4) is 5.75 Å². The lowest BCUT2D eigenvalue weighted by Gasteiger charge is -2.19. The number of carbonyl (C=O) groups is 1. The SMILES string of the molecule is CCNC(=NCc1cccc(OCC(N)=O)c1)NCCc1ccc(C(C)(C)C)cc1. The third-order valence-corrected chi connectivity index (χ3v) is 4.57. The van der Waals surface area contributed by atoms with Crippen molar-refractivity contribution in [1.82, 2.24) is 10.6 Å². The Morgan fingerprint density at radius 3 is 2.43 bits per heavy atom. The molecule has 0 aliphatic heterocycles. The monoisotopic (exact) mass is 410 g/mol. The molecule has 0 aromatic heterocycles. The Labute approximate surface area is 179 Å². The van der Waals surface area contributed by atoms with Gasteiger partial charge in [0.05, 0.1) is 6.54 Å². The molecule has 0 radical (unpaired) electrons. The summed E-state index contributed by atoms with van der Waals surface area (Å²) in [4.78, 5) is 15.5. The van der Waals surface area contributed by atoms with E-state index in [0.29, 0.717) is 12.3 Å². The second kappa shape index (κ2) is 11.2. The van der Waals surface area contributed by atoms with Crippen LogP contribution in [0.5, 0.6) is 5.75 Å². The topological polar surface area (TPSA) is 88.7 Å². The molecule has 0 saturated heterocycles. The van der Waals surface area contributed by atoms with Crippen molar-refractivity contribution in [3.05, 3.63) is 65.2 Å². The van der Waals surface area contributed by atoms with E-state index in [9.17, 15) is 4.79 Å². The molecule has 2 rings (SSSR count). The highest BCUT2D eigenvalue weighted by Crippen LogP contribution is 2.22. The van der Waals surface area contributed by atoms with Gasteiger partial charge in [-0.05, 0) is 47.6 Å². The Morgan fingerprint density at radius 2 is 1.80 bits per heavy atom. The van der Waals surface area contributed by atoms with E-state index >= 15 is 0 Å². The first-order valence-corrected chi connectivity index (χ1v) is 10.4. The standard InChI is InChI=1S/C24H34N4O2/c1-5-26-23(27-14-13-18-9-11-20(12-10-18)24(2,3)4)28-16-19-7-6-8-21(15-19)30-17-22(25)29/h6-12,15H,5,13-14,16-17H2,1-4H3,(H2,25,29)(H2,26,27,28). The number of nitrogens with one attached hydrogen (secondary N) is 2. The van der Waals surface area contributed by atoms with Crippen LogP contribution in [0.15, 0.2) is 53.5 Å². The molecule has 0 unspecified atom stereocenters. The van der Waals surface area contributed by atoms with Gasteiger partial charge in [-0.25, -0.2) is 4.99 Å². The molecule has 2 aromatic carbocycles. The molecule has 0 spiro atoms. The molecule has 6 nitrogen and oxygen atoms in total. The molecule has 0 bridgehead atoms. The molecule has 0 heterocycles. The third-order valence-electron chi connectivity index (χ3n) is 4.57. The Balaban J connectivity index is 1.90. The van der Waals surface area contributed by atoms with Crippen LogP contribution in [-0.4, -0.2) is 31.6 Å². The fraction of sp³-hybridized carbons (Fsp3) is 0.417. The van der Waals surface area contributed by atoms with Gasteiger partial charge >= 0.3 is 0 Å². The van der Waals surface area contributed by atoms with Crippen molar-refractivity contribution in [2.24, 2.45) is 10.7 Å². The number of amides is 1. The summed E-state index contributed by atoms with van der Waals surface area (Å²) in [6.45, 7) is 10.7. The van der Waals surface area contributed by atoms with E-state index in [1.54, 1.807) is 6.07 Å². The van der Waals surface area contributed by atoms with Gasteiger partial charge in [-0.2, -0.15) is 0 Å². The van der Waals surface area contributed by atoms with E-state index in [4.69, 9.17) is 10.5 Å². The van der Waals surface area contributed by atoms with Crippen LogP contribution < -0.4 is 21.1 Å². The summed E-state index contributed by atoms with van der Waals surface area (Å²) in [6.07, 6.45) is 0.922. The van der Waals surface area contributed by atoms with Gasteiger partial charge in [0.2, 0.25) is 0 Å². The summed E-state index contributed by atoms with van der Waals surface area (Å²) in [6, 6.07) is 16.3. The van der Waals surface area contributed by atoms with Crippen molar-refractivity contribution < 1.29 is 9.53 Å². The van der Waals surface area contributed by atoms with E-state index in [0.717, 1.165) is 31.0 Å². The van der Waals surface area contributed by atoms with Gasteiger partial charge in [-0.15, -0.1) is 0 Å². The number of carbonyl (C=O) groups excluding carboxylic acids is 1. The lowest BCUT2D eigenvalue weighted by atomic mass is 9.86. The predicted molar refractivity (Wildman–Crippen MR) is 123 cm³/mol. The largest absolute Gasteiger partial charge is 0.484 e. The number of rotatable bonds is 9. The third kappa shape index (κ3) is 8.15. The number of nitrogens with zero attached hydrogens (tertiary/aromatic N) is 1. The van der Waals surface area contributed by atoms with Crippen molar-refractivity contribution >= 4 is 11.9 Å². The first-order valence-electron chi connectivity index (χ1n) is 10.4. The highest BCUT2D eigenvalue weighted by molar-refractivity contribution is 5.79. The maximum absolute atomic E-state index is 10.9. The van der Waals surface area contributed by atoms with Crippen LogP contribution in [0.2, 0.25) is 0 Å². The fourth-order valence-electron chi connectivity index (χ4n) is 2.90.